The number of amides is 2. The summed E-state index contributed by atoms with van der Waals surface area (Å²) in [6, 6.07) is 6.88. The first-order chi connectivity index (χ1) is 9.24. The highest BCUT2D eigenvalue weighted by Gasteiger charge is 2.68. The van der Waals surface area contributed by atoms with Gasteiger partial charge in [-0.3, -0.25) is 20.4 Å². The molecule has 1 fully saturated rings. The van der Waals surface area contributed by atoms with Crippen LogP contribution in [0.1, 0.15) is 18.9 Å². The van der Waals surface area contributed by atoms with E-state index in [1.165, 1.54) is 0 Å². The Kier molecular flexibility index (Phi) is 4.19. The highest BCUT2D eigenvalue weighted by atomic mass is 35.5. The molecule has 1 aromatic carbocycles. The molecule has 108 valence electrons. The predicted molar refractivity (Wildman–Crippen MR) is 78.6 cm³/mol. The maximum atomic E-state index is 11.8. The monoisotopic (exact) mass is 334 g/mol. The Labute approximate surface area is 131 Å². The normalized spacial score (nSPS) is 23.0. The Morgan fingerprint density at radius 2 is 1.75 bits per heavy atom. The minimum atomic E-state index is -1.06. The van der Waals surface area contributed by atoms with Gasteiger partial charge in [-0.1, -0.05) is 23.7 Å². The topological polar surface area (TPSA) is 58.2 Å². The third-order valence-electron chi connectivity index (χ3n) is 3.35. The lowest BCUT2D eigenvalue weighted by Crippen LogP contribution is -2.46. The standard InChI is InChI=1S/C13H13Cl3N2O2/c1-12(7-13(12,15)16)11(20)18-17-10(19)6-8-2-4-9(14)5-3-8/h2-5H,6-7H2,1H3,(H,17,19)(H,18,20). The molecule has 0 aromatic heterocycles. The van der Waals surface area contributed by atoms with Crippen molar-refractivity contribution in [3.63, 3.8) is 0 Å². The fourth-order valence-corrected chi connectivity index (χ4v) is 2.57. The zero-order chi connectivity index (χ0) is 15.0. The Bertz CT molecular complexity index is 545. The first kappa shape index (κ1) is 15.4. The minimum absolute atomic E-state index is 0.140. The summed E-state index contributed by atoms with van der Waals surface area (Å²) >= 11 is 17.5. The highest BCUT2D eigenvalue weighted by Crippen LogP contribution is 2.63. The van der Waals surface area contributed by atoms with Crippen molar-refractivity contribution < 1.29 is 9.59 Å². The molecule has 0 heterocycles. The summed E-state index contributed by atoms with van der Waals surface area (Å²) in [5, 5.41) is 0.602. The van der Waals surface area contributed by atoms with E-state index < -0.39 is 15.7 Å². The van der Waals surface area contributed by atoms with Crippen LogP contribution in [0.2, 0.25) is 5.02 Å². The van der Waals surface area contributed by atoms with Crippen molar-refractivity contribution in [1.29, 1.82) is 0 Å². The first-order valence-electron chi connectivity index (χ1n) is 5.96. The molecule has 2 amide bonds. The van der Waals surface area contributed by atoms with Gasteiger partial charge in [0.2, 0.25) is 11.8 Å². The second-order valence-corrected chi connectivity index (χ2v) is 6.94. The molecule has 0 radical (unpaired) electrons. The SMILES string of the molecule is CC1(C(=O)NNC(=O)Cc2ccc(Cl)cc2)CC1(Cl)Cl. The van der Waals surface area contributed by atoms with Gasteiger partial charge in [0.25, 0.3) is 0 Å². The maximum absolute atomic E-state index is 11.8. The van der Waals surface area contributed by atoms with Crippen molar-refractivity contribution >= 4 is 46.6 Å². The molecule has 7 heteroatoms. The fourth-order valence-electron chi connectivity index (χ4n) is 1.74. The predicted octanol–water partition coefficient (Wildman–Crippen LogP) is 2.61. The molecular formula is C13H13Cl3N2O2. The van der Waals surface area contributed by atoms with E-state index in [9.17, 15) is 9.59 Å². The summed E-state index contributed by atoms with van der Waals surface area (Å²) in [4.78, 5) is 23.5. The number of rotatable bonds is 3. The van der Waals surface area contributed by atoms with Crippen LogP contribution >= 0.6 is 34.8 Å². The number of carbonyl (C=O) groups excluding carboxylic acids is 2. The summed E-state index contributed by atoms with van der Waals surface area (Å²) < 4.78 is -1.06. The van der Waals surface area contributed by atoms with Crippen LogP contribution in [-0.2, 0) is 16.0 Å². The third kappa shape index (κ3) is 3.19. The maximum Gasteiger partial charge on any atom is 0.247 e. The van der Waals surface area contributed by atoms with Gasteiger partial charge in [0.1, 0.15) is 4.33 Å². The Hall–Kier alpha value is -0.970. The number of halogens is 3. The largest absolute Gasteiger partial charge is 0.273 e. The van der Waals surface area contributed by atoms with E-state index in [0.717, 1.165) is 5.56 Å². The molecule has 1 saturated carbocycles. The lowest BCUT2D eigenvalue weighted by Gasteiger charge is -2.13. The van der Waals surface area contributed by atoms with E-state index in [4.69, 9.17) is 34.8 Å². The summed E-state index contributed by atoms with van der Waals surface area (Å²) in [6.07, 6.45) is 0.503. The van der Waals surface area contributed by atoms with Gasteiger partial charge < -0.3 is 0 Å². The van der Waals surface area contributed by atoms with Gasteiger partial charge >= 0.3 is 0 Å². The van der Waals surface area contributed by atoms with Crippen LogP contribution in [0.4, 0.5) is 0 Å². The number of carbonyl (C=O) groups is 2. The number of hydrogen-bond acceptors (Lipinski definition) is 2. The molecule has 0 aliphatic heterocycles. The van der Waals surface area contributed by atoms with E-state index in [2.05, 4.69) is 10.9 Å². The van der Waals surface area contributed by atoms with E-state index in [0.29, 0.717) is 11.4 Å². The fraction of sp³-hybridized carbons (Fsp3) is 0.385. The molecule has 0 spiro atoms. The summed E-state index contributed by atoms with van der Waals surface area (Å²) in [6.45, 7) is 1.65. The lowest BCUT2D eigenvalue weighted by atomic mass is 10.1. The molecule has 1 unspecified atom stereocenters. The second-order valence-electron chi connectivity index (χ2n) is 5.02. The van der Waals surface area contributed by atoms with Crippen molar-refractivity contribution in [2.75, 3.05) is 0 Å². The summed E-state index contributed by atoms with van der Waals surface area (Å²) in [5.41, 5.74) is 4.62. The van der Waals surface area contributed by atoms with Crippen LogP contribution in [0.15, 0.2) is 24.3 Å². The van der Waals surface area contributed by atoms with Crippen LogP contribution in [0.25, 0.3) is 0 Å². The molecule has 4 nitrogen and oxygen atoms in total. The molecule has 2 N–H and O–H groups in total. The van der Waals surface area contributed by atoms with Crippen LogP contribution in [0.3, 0.4) is 0 Å². The Morgan fingerprint density at radius 1 is 1.20 bits per heavy atom. The van der Waals surface area contributed by atoms with Crippen molar-refractivity contribution in [2.24, 2.45) is 5.41 Å². The quantitative estimate of drug-likeness (QED) is 0.659. The number of alkyl halides is 2. The van der Waals surface area contributed by atoms with Gasteiger partial charge in [-0.15, -0.1) is 23.2 Å². The van der Waals surface area contributed by atoms with Gasteiger partial charge in [-0.05, 0) is 31.0 Å². The molecule has 0 saturated heterocycles. The molecule has 2 rings (SSSR count). The average molecular weight is 336 g/mol. The highest BCUT2D eigenvalue weighted by molar-refractivity contribution is 6.53. The van der Waals surface area contributed by atoms with E-state index in [1.54, 1.807) is 31.2 Å². The molecule has 1 aliphatic carbocycles. The van der Waals surface area contributed by atoms with Crippen molar-refractivity contribution in [1.82, 2.24) is 10.9 Å². The van der Waals surface area contributed by atoms with Crippen molar-refractivity contribution in [2.45, 2.75) is 24.1 Å². The summed E-state index contributed by atoms with van der Waals surface area (Å²) in [7, 11) is 0. The number of hydrazine groups is 1. The van der Waals surface area contributed by atoms with Gasteiger partial charge in [-0.2, -0.15) is 0 Å². The van der Waals surface area contributed by atoms with Crippen LogP contribution in [-0.4, -0.2) is 16.1 Å². The number of nitrogens with one attached hydrogen (secondary N) is 2. The van der Waals surface area contributed by atoms with E-state index in [1.807, 2.05) is 0 Å². The molecule has 20 heavy (non-hydrogen) atoms. The molecular weight excluding hydrogens is 323 g/mol. The zero-order valence-corrected chi connectivity index (χ0v) is 12.9. The molecule has 1 atom stereocenters. The van der Waals surface area contributed by atoms with Gasteiger partial charge in [0, 0.05) is 5.02 Å². The smallest absolute Gasteiger partial charge is 0.247 e. The van der Waals surface area contributed by atoms with Crippen LogP contribution in [0.5, 0.6) is 0 Å². The average Bonchev–Trinajstić information content (AvgIpc) is 2.90. The zero-order valence-electron chi connectivity index (χ0n) is 10.7. The molecule has 0 bridgehead atoms. The van der Waals surface area contributed by atoms with Gasteiger partial charge in [0.05, 0.1) is 11.8 Å². The Morgan fingerprint density at radius 3 is 2.25 bits per heavy atom. The lowest BCUT2D eigenvalue weighted by molar-refractivity contribution is -0.131. The Balaban J connectivity index is 1.81. The van der Waals surface area contributed by atoms with Gasteiger partial charge in [0.15, 0.2) is 0 Å². The third-order valence-corrected chi connectivity index (χ3v) is 4.71. The number of benzene rings is 1. The first-order valence-corrected chi connectivity index (χ1v) is 7.09. The minimum Gasteiger partial charge on any atom is -0.273 e. The molecule has 1 aliphatic rings. The molecule has 1 aromatic rings. The van der Waals surface area contributed by atoms with Crippen LogP contribution < -0.4 is 10.9 Å². The van der Waals surface area contributed by atoms with Crippen molar-refractivity contribution in [3.05, 3.63) is 34.9 Å². The van der Waals surface area contributed by atoms with Crippen molar-refractivity contribution in [3.8, 4) is 0 Å². The van der Waals surface area contributed by atoms with E-state index in [-0.39, 0.29) is 12.3 Å². The van der Waals surface area contributed by atoms with Gasteiger partial charge in [-0.25, -0.2) is 0 Å². The van der Waals surface area contributed by atoms with E-state index >= 15 is 0 Å². The van der Waals surface area contributed by atoms with Crippen LogP contribution in [0, 0.1) is 5.41 Å². The number of hydrogen-bond donors (Lipinski definition) is 2. The summed E-state index contributed by atoms with van der Waals surface area (Å²) in [5.74, 6) is -0.730. The second kappa shape index (κ2) is 5.43.